The monoisotopic (exact) mass is 326 g/mol. The summed E-state index contributed by atoms with van der Waals surface area (Å²) in [4.78, 5) is 13.4. The van der Waals surface area contributed by atoms with Crippen molar-refractivity contribution in [3.05, 3.63) is 43.2 Å². The Morgan fingerprint density at radius 3 is 2.92 bits per heavy atom. The van der Waals surface area contributed by atoms with Crippen molar-refractivity contribution in [2.24, 2.45) is 0 Å². The molecule has 3 rings (SSSR count). The minimum atomic E-state index is -0.00523. The predicted octanol–water partition coefficient (Wildman–Crippen LogP) is 2.52. The molecule has 0 atom stereocenters. The average Bonchev–Trinajstić information content (AvgIpc) is 3.11. The van der Waals surface area contributed by atoms with Crippen LogP contribution < -0.4 is 4.74 Å². The number of amides is 1. The summed E-state index contributed by atoms with van der Waals surface area (Å²) in [6.45, 7) is 7.83. The van der Waals surface area contributed by atoms with Gasteiger partial charge in [0.1, 0.15) is 18.2 Å². The zero-order valence-electron chi connectivity index (χ0n) is 13.9. The number of likely N-dealkylation sites (tertiary alicyclic amines) is 1. The Morgan fingerprint density at radius 2 is 2.21 bits per heavy atom. The Labute approximate surface area is 141 Å². The van der Waals surface area contributed by atoms with Crippen molar-refractivity contribution in [3.63, 3.8) is 0 Å². The minimum Gasteiger partial charge on any atom is -0.490 e. The molecule has 1 aromatic heterocycles. The molecule has 6 heteroatoms. The molecule has 0 bridgehead atoms. The van der Waals surface area contributed by atoms with E-state index in [-0.39, 0.29) is 12.0 Å². The molecule has 126 valence electrons. The third-order valence-electron chi connectivity index (χ3n) is 4.28. The molecule has 6 nitrogen and oxygen atoms in total. The molecule has 1 saturated heterocycles. The van der Waals surface area contributed by atoms with Gasteiger partial charge in [0.05, 0.1) is 0 Å². The molecule has 0 N–H and O–H groups in total. The Hall–Kier alpha value is -2.63. The van der Waals surface area contributed by atoms with Crippen LogP contribution in [0.15, 0.2) is 43.2 Å². The highest BCUT2D eigenvalue weighted by molar-refractivity contribution is 5.87. The maximum atomic E-state index is 11.6. The summed E-state index contributed by atoms with van der Waals surface area (Å²) in [5.41, 5.74) is 0.992. The number of aromatic nitrogens is 3. The highest BCUT2D eigenvalue weighted by Crippen LogP contribution is 2.25. The lowest BCUT2D eigenvalue weighted by atomic mass is 10.1. The lowest BCUT2D eigenvalue weighted by molar-refractivity contribution is -0.127. The van der Waals surface area contributed by atoms with Gasteiger partial charge in [-0.15, -0.1) is 10.2 Å². The molecular formula is C18H22N4O2. The summed E-state index contributed by atoms with van der Waals surface area (Å²) in [5.74, 6) is 1.66. The number of hydrogen-bond acceptors (Lipinski definition) is 4. The maximum Gasteiger partial charge on any atom is 0.245 e. The lowest BCUT2D eigenvalue weighted by Crippen LogP contribution is -2.41. The number of aryl methyl sites for hydroxylation is 1. The smallest absolute Gasteiger partial charge is 0.245 e. The number of benzene rings is 1. The zero-order valence-corrected chi connectivity index (χ0v) is 13.9. The van der Waals surface area contributed by atoms with Gasteiger partial charge in [0, 0.05) is 38.0 Å². The second-order valence-electron chi connectivity index (χ2n) is 5.82. The van der Waals surface area contributed by atoms with Crippen LogP contribution in [-0.4, -0.2) is 44.8 Å². The highest BCUT2D eigenvalue weighted by atomic mass is 16.5. The van der Waals surface area contributed by atoms with Crippen LogP contribution in [0.5, 0.6) is 5.75 Å². The van der Waals surface area contributed by atoms with Crippen LogP contribution >= 0.6 is 0 Å². The standard InChI is InChI=1S/C18H22N4O2/c1-3-17(23)22-10-8-15(9-11-22)24-16-7-5-6-14(12-16)18-20-19-13-21(18)4-2/h3,5-7,12-13,15H,1,4,8-11H2,2H3. The van der Waals surface area contributed by atoms with E-state index in [9.17, 15) is 4.79 Å². The molecule has 2 aromatic rings. The maximum absolute atomic E-state index is 11.6. The first-order chi connectivity index (χ1) is 11.7. The third-order valence-corrected chi connectivity index (χ3v) is 4.28. The second-order valence-corrected chi connectivity index (χ2v) is 5.82. The van der Waals surface area contributed by atoms with Crippen molar-refractivity contribution in [2.45, 2.75) is 32.4 Å². The summed E-state index contributed by atoms with van der Waals surface area (Å²) in [7, 11) is 0. The number of piperidine rings is 1. The molecule has 1 aliphatic rings. The van der Waals surface area contributed by atoms with Gasteiger partial charge in [-0.1, -0.05) is 18.7 Å². The molecule has 1 amide bonds. The first-order valence-electron chi connectivity index (χ1n) is 8.27. The van der Waals surface area contributed by atoms with Gasteiger partial charge in [-0.3, -0.25) is 4.79 Å². The van der Waals surface area contributed by atoms with Crippen molar-refractivity contribution in [2.75, 3.05) is 13.1 Å². The summed E-state index contributed by atoms with van der Waals surface area (Å²) in [5, 5.41) is 8.16. The van der Waals surface area contributed by atoms with E-state index in [0.29, 0.717) is 13.1 Å². The quantitative estimate of drug-likeness (QED) is 0.792. The van der Waals surface area contributed by atoms with Crippen LogP contribution in [0.2, 0.25) is 0 Å². The van der Waals surface area contributed by atoms with E-state index in [4.69, 9.17) is 4.74 Å². The van der Waals surface area contributed by atoms with Gasteiger partial charge in [-0.05, 0) is 25.1 Å². The Bertz CT molecular complexity index is 717. The van der Waals surface area contributed by atoms with Crippen molar-refractivity contribution >= 4 is 5.91 Å². The van der Waals surface area contributed by atoms with Gasteiger partial charge >= 0.3 is 0 Å². The van der Waals surface area contributed by atoms with Crippen molar-refractivity contribution in [1.82, 2.24) is 19.7 Å². The van der Waals surface area contributed by atoms with Crippen molar-refractivity contribution < 1.29 is 9.53 Å². The molecule has 0 saturated carbocycles. The molecule has 0 radical (unpaired) electrons. The van der Waals surface area contributed by atoms with Gasteiger partial charge in [-0.25, -0.2) is 0 Å². The molecule has 1 aromatic carbocycles. The number of hydrogen-bond donors (Lipinski definition) is 0. The number of carbonyl (C=O) groups excluding carboxylic acids is 1. The average molecular weight is 326 g/mol. The van der Waals surface area contributed by atoms with Crippen molar-refractivity contribution in [3.8, 4) is 17.1 Å². The van der Waals surface area contributed by atoms with E-state index in [1.165, 1.54) is 6.08 Å². The van der Waals surface area contributed by atoms with Crippen LogP contribution in [0.1, 0.15) is 19.8 Å². The van der Waals surface area contributed by atoms with E-state index in [0.717, 1.165) is 36.5 Å². The van der Waals surface area contributed by atoms with Crippen LogP contribution in [-0.2, 0) is 11.3 Å². The number of nitrogens with zero attached hydrogens (tertiary/aromatic N) is 4. The van der Waals surface area contributed by atoms with E-state index in [1.807, 2.05) is 33.7 Å². The lowest BCUT2D eigenvalue weighted by Gasteiger charge is -2.31. The molecule has 1 aliphatic heterocycles. The molecule has 2 heterocycles. The van der Waals surface area contributed by atoms with Crippen LogP contribution in [0, 0.1) is 0 Å². The highest BCUT2D eigenvalue weighted by Gasteiger charge is 2.22. The molecule has 0 aliphatic carbocycles. The van der Waals surface area contributed by atoms with E-state index >= 15 is 0 Å². The zero-order chi connectivity index (χ0) is 16.9. The molecule has 1 fully saturated rings. The fourth-order valence-electron chi connectivity index (χ4n) is 2.93. The van der Waals surface area contributed by atoms with Gasteiger partial charge in [0.15, 0.2) is 5.82 Å². The van der Waals surface area contributed by atoms with Crippen LogP contribution in [0.4, 0.5) is 0 Å². The fraction of sp³-hybridized carbons (Fsp3) is 0.389. The minimum absolute atomic E-state index is 0.00523. The largest absolute Gasteiger partial charge is 0.490 e. The van der Waals surface area contributed by atoms with Gasteiger partial charge in [0.2, 0.25) is 5.91 Å². The van der Waals surface area contributed by atoms with E-state index in [1.54, 1.807) is 6.33 Å². The Morgan fingerprint density at radius 1 is 1.42 bits per heavy atom. The number of ether oxygens (including phenoxy) is 1. The van der Waals surface area contributed by atoms with Crippen LogP contribution in [0.25, 0.3) is 11.4 Å². The van der Waals surface area contributed by atoms with Crippen molar-refractivity contribution in [1.29, 1.82) is 0 Å². The summed E-state index contributed by atoms with van der Waals surface area (Å²) in [6.07, 6.45) is 4.88. The molecule has 0 unspecified atom stereocenters. The van der Waals surface area contributed by atoms with Crippen LogP contribution in [0.3, 0.4) is 0 Å². The molecular weight excluding hydrogens is 304 g/mol. The SMILES string of the molecule is C=CC(=O)N1CCC(Oc2cccc(-c3nncn3CC)c2)CC1. The fourth-order valence-corrected chi connectivity index (χ4v) is 2.93. The Balaban J connectivity index is 1.66. The van der Waals surface area contributed by atoms with E-state index < -0.39 is 0 Å². The van der Waals surface area contributed by atoms with Gasteiger partial charge in [-0.2, -0.15) is 0 Å². The Kier molecular flexibility index (Phi) is 4.93. The third kappa shape index (κ3) is 3.48. The predicted molar refractivity (Wildman–Crippen MR) is 91.6 cm³/mol. The first-order valence-corrected chi connectivity index (χ1v) is 8.27. The number of rotatable bonds is 5. The topological polar surface area (TPSA) is 60.3 Å². The summed E-state index contributed by atoms with van der Waals surface area (Å²) >= 11 is 0. The van der Waals surface area contributed by atoms with Gasteiger partial charge < -0.3 is 14.2 Å². The van der Waals surface area contributed by atoms with E-state index in [2.05, 4.69) is 23.7 Å². The summed E-state index contributed by atoms with van der Waals surface area (Å²) in [6, 6.07) is 7.93. The molecule has 0 spiro atoms. The number of carbonyl (C=O) groups is 1. The summed E-state index contributed by atoms with van der Waals surface area (Å²) < 4.78 is 8.11. The first kappa shape index (κ1) is 16.2. The second kappa shape index (κ2) is 7.29. The normalized spacial score (nSPS) is 15.3. The van der Waals surface area contributed by atoms with Gasteiger partial charge in [0.25, 0.3) is 0 Å². The molecule has 24 heavy (non-hydrogen) atoms.